The molecule has 0 bridgehead atoms. The zero-order valence-electron chi connectivity index (χ0n) is 13.0. The molecule has 1 aliphatic rings. The molecule has 21 heavy (non-hydrogen) atoms. The molecule has 2 amide bonds. The summed E-state index contributed by atoms with van der Waals surface area (Å²) < 4.78 is 1.78. The van der Waals surface area contributed by atoms with Crippen LogP contribution >= 0.6 is 0 Å². The Hall–Kier alpha value is -1.85. The number of nitrogens with one attached hydrogen (secondary N) is 1. The lowest BCUT2D eigenvalue weighted by Gasteiger charge is -2.45. The third kappa shape index (κ3) is 2.80. The first kappa shape index (κ1) is 15.5. The van der Waals surface area contributed by atoms with Crippen molar-refractivity contribution in [2.45, 2.75) is 58.2 Å². The Balaban J connectivity index is 2.20. The van der Waals surface area contributed by atoms with E-state index in [2.05, 4.69) is 10.4 Å². The Morgan fingerprint density at radius 2 is 1.95 bits per heavy atom. The lowest BCUT2D eigenvalue weighted by molar-refractivity contribution is -0.155. The molecular weight excluding hydrogens is 268 g/mol. The number of carbonyl (C=O) groups excluding carboxylic acids is 2. The summed E-state index contributed by atoms with van der Waals surface area (Å²) in [7, 11) is 0. The van der Waals surface area contributed by atoms with Crippen LogP contribution in [-0.4, -0.2) is 44.6 Å². The third-order valence-corrected chi connectivity index (χ3v) is 4.43. The van der Waals surface area contributed by atoms with Crippen LogP contribution in [0.5, 0.6) is 0 Å². The lowest BCUT2D eigenvalue weighted by atomic mass is 9.86. The monoisotopic (exact) mass is 292 g/mol. The van der Waals surface area contributed by atoms with Gasteiger partial charge in [0.2, 0.25) is 11.8 Å². The van der Waals surface area contributed by atoms with Gasteiger partial charge in [0.25, 0.3) is 0 Å². The van der Waals surface area contributed by atoms with Gasteiger partial charge in [-0.2, -0.15) is 5.10 Å². The van der Waals surface area contributed by atoms with Gasteiger partial charge in [0.05, 0.1) is 6.54 Å². The van der Waals surface area contributed by atoms with Crippen LogP contribution in [-0.2, 0) is 16.1 Å². The molecule has 1 fully saturated rings. The van der Waals surface area contributed by atoms with Gasteiger partial charge in [0, 0.05) is 18.9 Å². The molecule has 1 unspecified atom stereocenters. The molecule has 6 nitrogen and oxygen atoms in total. The molecule has 1 aliphatic heterocycles. The van der Waals surface area contributed by atoms with Crippen LogP contribution in [0.2, 0.25) is 0 Å². The van der Waals surface area contributed by atoms with E-state index >= 15 is 0 Å². The quantitative estimate of drug-likeness (QED) is 0.856. The van der Waals surface area contributed by atoms with Crippen molar-refractivity contribution in [3.8, 4) is 0 Å². The van der Waals surface area contributed by atoms with E-state index in [1.54, 1.807) is 15.8 Å². The molecule has 6 heteroatoms. The minimum absolute atomic E-state index is 0.0334. The summed E-state index contributed by atoms with van der Waals surface area (Å²) in [6.45, 7) is 6.93. The molecule has 1 saturated heterocycles. The van der Waals surface area contributed by atoms with Crippen molar-refractivity contribution in [3.63, 3.8) is 0 Å². The van der Waals surface area contributed by atoms with Crippen molar-refractivity contribution in [3.05, 3.63) is 18.5 Å². The van der Waals surface area contributed by atoms with Crippen LogP contribution in [0, 0.1) is 0 Å². The summed E-state index contributed by atoms with van der Waals surface area (Å²) in [6, 6.07) is 1.48. The second kappa shape index (κ2) is 6.28. The second-order valence-electron chi connectivity index (χ2n) is 5.47. The van der Waals surface area contributed by atoms with Crippen LogP contribution < -0.4 is 5.32 Å². The third-order valence-electron chi connectivity index (χ3n) is 4.43. The molecule has 0 aliphatic carbocycles. The van der Waals surface area contributed by atoms with Gasteiger partial charge in [-0.1, -0.05) is 20.8 Å². The highest BCUT2D eigenvalue weighted by atomic mass is 16.2. The summed E-state index contributed by atoms with van der Waals surface area (Å²) >= 11 is 0. The fraction of sp³-hybridized carbons (Fsp3) is 0.667. The first-order valence-electron chi connectivity index (χ1n) is 7.68. The largest absolute Gasteiger partial charge is 0.340 e. The molecule has 1 aromatic rings. The van der Waals surface area contributed by atoms with Crippen molar-refractivity contribution >= 4 is 11.8 Å². The number of aromatic nitrogens is 2. The van der Waals surface area contributed by atoms with E-state index in [0.29, 0.717) is 32.4 Å². The molecule has 2 rings (SSSR count). The molecule has 1 N–H and O–H groups in total. The molecule has 1 atom stereocenters. The molecule has 0 saturated carbocycles. The Bertz CT molecular complexity index is 494. The molecule has 116 valence electrons. The summed E-state index contributed by atoms with van der Waals surface area (Å²) in [6.07, 6.45) is 5.43. The van der Waals surface area contributed by atoms with Crippen LogP contribution in [0.3, 0.4) is 0 Å². The van der Waals surface area contributed by atoms with Gasteiger partial charge in [-0.15, -0.1) is 0 Å². The number of amides is 2. The zero-order chi connectivity index (χ0) is 15.5. The van der Waals surface area contributed by atoms with Gasteiger partial charge >= 0.3 is 0 Å². The molecule has 0 radical (unpaired) electrons. The maximum atomic E-state index is 12.9. The topological polar surface area (TPSA) is 67.2 Å². The van der Waals surface area contributed by atoms with Gasteiger partial charge in [0.15, 0.2) is 0 Å². The standard InChI is InChI=1S/C15H24N4O2/c1-4-12-13(20)17-15(5-2,6-3)14(21)19(12)11-10-18-9-7-8-16-18/h7-9,12H,4-6,10-11H2,1-3H3,(H,17,20). The number of carbonyl (C=O) groups is 2. The van der Waals surface area contributed by atoms with Gasteiger partial charge in [0.1, 0.15) is 11.6 Å². The Kier molecular flexibility index (Phi) is 4.65. The number of hydrogen-bond acceptors (Lipinski definition) is 3. The average molecular weight is 292 g/mol. The van der Waals surface area contributed by atoms with E-state index < -0.39 is 5.54 Å². The van der Waals surface area contributed by atoms with Crippen molar-refractivity contribution in [2.75, 3.05) is 6.54 Å². The number of piperazine rings is 1. The SMILES string of the molecule is CCC1C(=O)NC(CC)(CC)C(=O)N1CCn1cccn1. The number of hydrogen-bond donors (Lipinski definition) is 1. The predicted molar refractivity (Wildman–Crippen MR) is 79.5 cm³/mol. The first-order chi connectivity index (χ1) is 10.1. The molecule has 0 spiro atoms. The smallest absolute Gasteiger partial charge is 0.249 e. The molecule has 2 heterocycles. The van der Waals surface area contributed by atoms with Crippen molar-refractivity contribution in [1.82, 2.24) is 20.0 Å². The highest BCUT2D eigenvalue weighted by Crippen LogP contribution is 2.26. The van der Waals surface area contributed by atoms with E-state index in [1.807, 2.05) is 33.0 Å². The van der Waals surface area contributed by atoms with E-state index in [1.165, 1.54) is 0 Å². The van der Waals surface area contributed by atoms with E-state index in [9.17, 15) is 9.59 Å². The number of nitrogens with zero attached hydrogens (tertiary/aromatic N) is 3. The number of rotatable bonds is 6. The molecule has 0 aromatic carbocycles. The summed E-state index contributed by atoms with van der Waals surface area (Å²) in [5.41, 5.74) is -0.743. The highest BCUT2D eigenvalue weighted by Gasteiger charge is 2.47. The minimum atomic E-state index is -0.743. The van der Waals surface area contributed by atoms with Crippen molar-refractivity contribution < 1.29 is 9.59 Å². The van der Waals surface area contributed by atoms with E-state index in [0.717, 1.165) is 0 Å². The normalized spacial score (nSPS) is 21.5. The summed E-state index contributed by atoms with van der Waals surface area (Å²) in [5, 5.41) is 7.10. The summed E-state index contributed by atoms with van der Waals surface area (Å²) in [4.78, 5) is 26.9. The Morgan fingerprint density at radius 1 is 1.24 bits per heavy atom. The van der Waals surface area contributed by atoms with Crippen molar-refractivity contribution in [2.24, 2.45) is 0 Å². The van der Waals surface area contributed by atoms with Gasteiger partial charge < -0.3 is 10.2 Å². The first-order valence-corrected chi connectivity index (χ1v) is 7.68. The maximum absolute atomic E-state index is 12.9. The fourth-order valence-electron chi connectivity index (χ4n) is 2.97. The van der Waals surface area contributed by atoms with Gasteiger partial charge in [-0.05, 0) is 25.3 Å². The van der Waals surface area contributed by atoms with Gasteiger partial charge in [-0.3, -0.25) is 14.3 Å². The summed E-state index contributed by atoms with van der Waals surface area (Å²) in [5.74, 6) is -0.00706. The van der Waals surface area contributed by atoms with Crippen LogP contribution in [0.25, 0.3) is 0 Å². The van der Waals surface area contributed by atoms with Crippen LogP contribution in [0.4, 0.5) is 0 Å². The van der Waals surface area contributed by atoms with Crippen LogP contribution in [0.15, 0.2) is 18.5 Å². The Labute approximate surface area is 125 Å². The van der Waals surface area contributed by atoms with Crippen molar-refractivity contribution in [1.29, 1.82) is 0 Å². The zero-order valence-corrected chi connectivity index (χ0v) is 13.0. The second-order valence-corrected chi connectivity index (χ2v) is 5.47. The van der Waals surface area contributed by atoms with E-state index in [-0.39, 0.29) is 17.9 Å². The predicted octanol–water partition coefficient (Wildman–Crippen LogP) is 1.18. The van der Waals surface area contributed by atoms with Crippen LogP contribution in [0.1, 0.15) is 40.0 Å². The highest BCUT2D eigenvalue weighted by molar-refractivity contribution is 5.99. The average Bonchev–Trinajstić information content (AvgIpc) is 3.01. The molecular formula is C15H24N4O2. The maximum Gasteiger partial charge on any atom is 0.249 e. The lowest BCUT2D eigenvalue weighted by Crippen LogP contribution is -2.70. The Morgan fingerprint density at radius 3 is 2.48 bits per heavy atom. The molecule has 1 aromatic heterocycles. The van der Waals surface area contributed by atoms with E-state index in [4.69, 9.17) is 0 Å². The fourth-order valence-corrected chi connectivity index (χ4v) is 2.97. The van der Waals surface area contributed by atoms with Gasteiger partial charge in [-0.25, -0.2) is 0 Å². The minimum Gasteiger partial charge on any atom is -0.340 e.